The zero-order valence-corrected chi connectivity index (χ0v) is 12.4. The Kier molecular flexibility index (Phi) is 4.40. The second kappa shape index (κ2) is 6.06. The van der Waals surface area contributed by atoms with Crippen LogP contribution in [0.3, 0.4) is 0 Å². The summed E-state index contributed by atoms with van der Waals surface area (Å²) in [5.74, 6) is 0. The summed E-state index contributed by atoms with van der Waals surface area (Å²) >= 11 is 0. The van der Waals surface area contributed by atoms with Crippen molar-refractivity contribution in [3.05, 3.63) is 69.1 Å². The second-order valence-corrected chi connectivity index (χ2v) is 5.30. The molecule has 0 radical (unpaired) electrons. The maximum atomic E-state index is 12.4. The lowest BCUT2D eigenvalue weighted by Crippen LogP contribution is -2.28. The lowest BCUT2D eigenvalue weighted by atomic mass is 9.95. The fourth-order valence-corrected chi connectivity index (χ4v) is 2.55. The van der Waals surface area contributed by atoms with Crippen molar-refractivity contribution in [3.63, 3.8) is 0 Å². The van der Waals surface area contributed by atoms with Crippen molar-refractivity contribution < 1.29 is 0 Å². The Balaban J connectivity index is 2.45. The molecule has 0 aliphatic rings. The summed E-state index contributed by atoms with van der Waals surface area (Å²) in [5.41, 5.74) is 10.3. The molecule has 1 atom stereocenters. The van der Waals surface area contributed by atoms with Crippen molar-refractivity contribution in [2.75, 3.05) is 0 Å². The van der Waals surface area contributed by atoms with E-state index in [0.29, 0.717) is 5.56 Å². The largest absolute Gasteiger partial charge is 0.320 e. The van der Waals surface area contributed by atoms with Gasteiger partial charge in [-0.1, -0.05) is 36.8 Å². The van der Waals surface area contributed by atoms with E-state index in [9.17, 15) is 4.79 Å². The lowest BCUT2D eigenvalue weighted by Gasteiger charge is -2.16. The Hall–Kier alpha value is -1.87. The third-order valence-corrected chi connectivity index (χ3v) is 3.61. The molecule has 1 unspecified atom stereocenters. The van der Waals surface area contributed by atoms with Gasteiger partial charge >= 0.3 is 0 Å². The Bertz CT molecular complexity index is 658. The van der Waals surface area contributed by atoms with E-state index in [0.717, 1.165) is 24.1 Å². The van der Waals surface area contributed by atoms with E-state index in [4.69, 9.17) is 5.73 Å². The van der Waals surface area contributed by atoms with Crippen molar-refractivity contribution in [3.8, 4) is 0 Å². The van der Waals surface area contributed by atoms with Gasteiger partial charge in [-0.25, -0.2) is 0 Å². The van der Waals surface area contributed by atoms with E-state index >= 15 is 0 Å². The maximum Gasteiger partial charge on any atom is 0.255 e. The van der Waals surface area contributed by atoms with E-state index in [-0.39, 0.29) is 11.6 Å². The van der Waals surface area contributed by atoms with Crippen LogP contribution in [0, 0.1) is 13.8 Å². The van der Waals surface area contributed by atoms with Gasteiger partial charge in [0.05, 0.1) is 6.04 Å². The molecule has 0 amide bonds. The number of benzene rings is 1. The zero-order valence-electron chi connectivity index (χ0n) is 12.4. The molecular formula is C17H22N2O. The molecular weight excluding hydrogens is 248 g/mol. The summed E-state index contributed by atoms with van der Waals surface area (Å²) in [7, 11) is 0. The van der Waals surface area contributed by atoms with Gasteiger partial charge < -0.3 is 10.3 Å². The highest BCUT2D eigenvalue weighted by atomic mass is 16.1. The van der Waals surface area contributed by atoms with Crippen LogP contribution < -0.4 is 11.3 Å². The van der Waals surface area contributed by atoms with Crippen LogP contribution in [0.5, 0.6) is 0 Å². The predicted octanol–water partition coefficient (Wildman–Crippen LogP) is 2.92. The van der Waals surface area contributed by atoms with Crippen LogP contribution in [0.1, 0.15) is 41.6 Å². The predicted molar refractivity (Wildman–Crippen MR) is 82.9 cm³/mol. The number of hydrogen-bond donors (Lipinski definition) is 1. The molecule has 0 saturated heterocycles. The quantitative estimate of drug-likeness (QED) is 0.928. The summed E-state index contributed by atoms with van der Waals surface area (Å²) in [6, 6.07) is 9.52. The molecule has 0 spiro atoms. The van der Waals surface area contributed by atoms with E-state index in [2.05, 4.69) is 19.9 Å². The summed E-state index contributed by atoms with van der Waals surface area (Å²) in [6.07, 6.45) is 2.76. The molecule has 2 N–H and O–H groups in total. The number of rotatable bonds is 4. The minimum atomic E-state index is -0.368. The molecule has 1 heterocycles. The first-order chi connectivity index (χ1) is 9.54. The molecule has 3 heteroatoms. The first-order valence-corrected chi connectivity index (χ1v) is 7.06. The molecule has 2 rings (SSSR count). The van der Waals surface area contributed by atoms with Crippen LogP contribution >= 0.6 is 0 Å². The molecule has 20 heavy (non-hydrogen) atoms. The van der Waals surface area contributed by atoms with Gasteiger partial charge in [0, 0.05) is 18.3 Å². The second-order valence-electron chi connectivity index (χ2n) is 5.30. The van der Waals surface area contributed by atoms with Gasteiger partial charge in [-0.15, -0.1) is 0 Å². The van der Waals surface area contributed by atoms with Crippen molar-refractivity contribution in [2.45, 2.75) is 39.8 Å². The molecule has 0 aliphatic carbocycles. The van der Waals surface area contributed by atoms with Gasteiger partial charge in [-0.05, 0) is 37.5 Å². The third kappa shape index (κ3) is 2.83. The minimum absolute atomic E-state index is 0.0156. The SMILES string of the molecule is CCCn1cccc(C(N)c2ccc(C)cc2C)c1=O. The Morgan fingerprint density at radius 2 is 1.95 bits per heavy atom. The van der Waals surface area contributed by atoms with E-state index in [1.807, 2.05) is 37.4 Å². The lowest BCUT2D eigenvalue weighted by molar-refractivity contribution is 0.640. The summed E-state index contributed by atoms with van der Waals surface area (Å²) in [4.78, 5) is 12.4. The van der Waals surface area contributed by atoms with E-state index in [1.54, 1.807) is 4.57 Å². The number of aryl methyl sites for hydroxylation is 3. The van der Waals surface area contributed by atoms with Gasteiger partial charge in [0.1, 0.15) is 0 Å². The van der Waals surface area contributed by atoms with Crippen LogP contribution in [0.25, 0.3) is 0 Å². The van der Waals surface area contributed by atoms with Crippen LogP contribution in [0.4, 0.5) is 0 Å². The van der Waals surface area contributed by atoms with Gasteiger partial charge in [0.15, 0.2) is 0 Å². The summed E-state index contributed by atoms with van der Waals surface area (Å²) in [6.45, 7) is 6.88. The zero-order chi connectivity index (χ0) is 14.7. The van der Waals surface area contributed by atoms with Gasteiger partial charge in [0.25, 0.3) is 5.56 Å². The smallest absolute Gasteiger partial charge is 0.255 e. The molecule has 0 saturated carbocycles. The topological polar surface area (TPSA) is 48.0 Å². The van der Waals surface area contributed by atoms with Crippen LogP contribution in [0.2, 0.25) is 0 Å². The van der Waals surface area contributed by atoms with Crippen molar-refractivity contribution in [2.24, 2.45) is 5.73 Å². The highest BCUT2D eigenvalue weighted by Gasteiger charge is 2.15. The van der Waals surface area contributed by atoms with E-state index < -0.39 is 0 Å². The Morgan fingerprint density at radius 1 is 1.20 bits per heavy atom. The number of pyridine rings is 1. The average molecular weight is 270 g/mol. The minimum Gasteiger partial charge on any atom is -0.320 e. The molecule has 0 bridgehead atoms. The van der Waals surface area contributed by atoms with E-state index in [1.165, 1.54) is 5.56 Å². The standard InChI is InChI=1S/C17H22N2O/c1-4-9-19-10-5-6-15(17(19)20)16(18)14-8-7-12(2)11-13(14)3/h5-8,10-11,16H,4,9,18H2,1-3H3. The van der Waals surface area contributed by atoms with Crippen LogP contribution in [0.15, 0.2) is 41.3 Å². The monoisotopic (exact) mass is 270 g/mol. The normalized spacial score (nSPS) is 12.4. The number of nitrogens with zero attached hydrogens (tertiary/aromatic N) is 1. The van der Waals surface area contributed by atoms with Crippen molar-refractivity contribution >= 4 is 0 Å². The molecule has 106 valence electrons. The fraction of sp³-hybridized carbons (Fsp3) is 0.353. The van der Waals surface area contributed by atoms with Crippen LogP contribution in [-0.2, 0) is 6.54 Å². The Labute approximate surface area is 120 Å². The fourth-order valence-electron chi connectivity index (χ4n) is 2.55. The van der Waals surface area contributed by atoms with Crippen molar-refractivity contribution in [1.29, 1.82) is 0 Å². The summed E-state index contributed by atoms with van der Waals surface area (Å²) < 4.78 is 1.73. The molecule has 0 aliphatic heterocycles. The number of nitrogens with two attached hydrogens (primary N) is 1. The molecule has 1 aromatic heterocycles. The number of hydrogen-bond acceptors (Lipinski definition) is 2. The average Bonchev–Trinajstić information content (AvgIpc) is 2.41. The highest BCUT2D eigenvalue weighted by molar-refractivity contribution is 5.37. The van der Waals surface area contributed by atoms with Gasteiger partial charge in [-0.3, -0.25) is 4.79 Å². The first-order valence-electron chi connectivity index (χ1n) is 7.06. The highest BCUT2D eigenvalue weighted by Crippen LogP contribution is 2.21. The summed E-state index contributed by atoms with van der Waals surface area (Å²) in [5, 5.41) is 0. The Morgan fingerprint density at radius 3 is 2.60 bits per heavy atom. The molecule has 3 nitrogen and oxygen atoms in total. The van der Waals surface area contributed by atoms with Gasteiger partial charge in [0.2, 0.25) is 0 Å². The maximum absolute atomic E-state index is 12.4. The van der Waals surface area contributed by atoms with Crippen molar-refractivity contribution in [1.82, 2.24) is 4.57 Å². The molecule has 1 aromatic carbocycles. The third-order valence-electron chi connectivity index (χ3n) is 3.61. The number of aromatic nitrogens is 1. The first kappa shape index (κ1) is 14.5. The molecule has 2 aromatic rings. The van der Waals surface area contributed by atoms with Gasteiger partial charge in [-0.2, -0.15) is 0 Å². The molecule has 0 fully saturated rings. The van der Waals surface area contributed by atoms with Crippen LogP contribution in [-0.4, -0.2) is 4.57 Å².